The summed E-state index contributed by atoms with van der Waals surface area (Å²) in [4.78, 5) is 2.42. The molecule has 1 aromatic heterocycles. The van der Waals surface area contributed by atoms with Crippen molar-refractivity contribution in [2.75, 3.05) is 4.90 Å². The van der Waals surface area contributed by atoms with Crippen molar-refractivity contribution < 1.29 is 0 Å². The van der Waals surface area contributed by atoms with E-state index in [1.807, 2.05) is 0 Å². The van der Waals surface area contributed by atoms with E-state index in [-0.39, 0.29) is 0 Å². The predicted octanol–water partition coefficient (Wildman–Crippen LogP) is 16.1. The van der Waals surface area contributed by atoms with Gasteiger partial charge in [-0.3, -0.25) is 0 Å². The minimum absolute atomic E-state index is 1.09. The molecule has 11 rings (SSSR count). The number of hydrogen-bond donors (Lipinski definition) is 0. The van der Waals surface area contributed by atoms with Crippen molar-refractivity contribution in [3.63, 3.8) is 0 Å². The number of hydrogen-bond acceptors (Lipinski definition) is 1. The maximum atomic E-state index is 2.44. The van der Waals surface area contributed by atoms with E-state index in [1.165, 1.54) is 71.5 Å². The Kier molecular flexibility index (Phi) is 8.87. The molecule has 0 saturated heterocycles. The Labute approximate surface area is 350 Å². The maximum Gasteiger partial charge on any atom is 0.0625 e. The zero-order valence-corrected chi connectivity index (χ0v) is 33.0. The molecule has 60 heavy (non-hydrogen) atoms. The van der Waals surface area contributed by atoms with Crippen LogP contribution in [0.1, 0.15) is 0 Å². The van der Waals surface area contributed by atoms with Gasteiger partial charge in [0.15, 0.2) is 0 Å². The highest BCUT2D eigenvalue weighted by atomic mass is 15.1. The van der Waals surface area contributed by atoms with Crippen LogP contribution in [0.25, 0.3) is 82.8 Å². The van der Waals surface area contributed by atoms with Crippen LogP contribution in [0.15, 0.2) is 243 Å². The average molecular weight is 765 g/mol. The maximum absolute atomic E-state index is 2.44. The second-order valence-electron chi connectivity index (χ2n) is 15.3. The van der Waals surface area contributed by atoms with E-state index in [1.54, 1.807) is 0 Å². The fourth-order valence-corrected chi connectivity index (χ4v) is 8.99. The third-order valence-electron chi connectivity index (χ3n) is 11.7. The second kappa shape index (κ2) is 15.1. The van der Waals surface area contributed by atoms with Crippen molar-refractivity contribution in [1.29, 1.82) is 0 Å². The average Bonchev–Trinajstić information content (AvgIpc) is 3.68. The molecule has 0 aliphatic carbocycles. The molecule has 10 aromatic carbocycles. The Morgan fingerprint density at radius 2 is 0.883 bits per heavy atom. The third kappa shape index (κ3) is 6.23. The molecule has 0 aliphatic rings. The Bertz CT molecular complexity index is 3290. The van der Waals surface area contributed by atoms with Gasteiger partial charge in [0.05, 0.1) is 16.7 Å². The van der Waals surface area contributed by atoms with Crippen molar-refractivity contribution in [1.82, 2.24) is 4.57 Å². The molecule has 0 saturated carbocycles. The molecule has 2 nitrogen and oxygen atoms in total. The van der Waals surface area contributed by atoms with Gasteiger partial charge in [0, 0.05) is 38.8 Å². The number of anilines is 3. The van der Waals surface area contributed by atoms with Gasteiger partial charge in [-0.2, -0.15) is 0 Å². The van der Waals surface area contributed by atoms with Crippen molar-refractivity contribution in [3.05, 3.63) is 243 Å². The summed E-state index contributed by atoms with van der Waals surface area (Å²) in [5, 5.41) is 4.94. The fourth-order valence-electron chi connectivity index (χ4n) is 8.99. The normalized spacial score (nSPS) is 11.3. The van der Waals surface area contributed by atoms with Crippen molar-refractivity contribution >= 4 is 49.6 Å². The number of rotatable bonds is 8. The lowest BCUT2D eigenvalue weighted by Gasteiger charge is -2.28. The van der Waals surface area contributed by atoms with Gasteiger partial charge in [-0.05, 0) is 105 Å². The van der Waals surface area contributed by atoms with Crippen LogP contribution in [-0.4, -0.2) is 4.57 Å². The summed E-state index contributed by atoms with van der Waals surface area (Å²) in [5.74, 6) is 0. The van der Waals surface area contributed by atoms with Gasteiger partial charge in [0.2, 0.25) is 0 Å². The minimum atomic E-state index is 1.09. The molecule has 0 unspecified atom stereocenters. The van der Waals surface area contributed by atoms with Gasteiger partial charge in [-0.25, -0.2) is 0 Å². The lowest BCUT2D eigenvalue weighted by atomic mass is 9.94. The highest BCUT2D eigenvalue weighted by molar-refractivity contribution is 6.24. The highest BCUT2D eigenvalue weighted by Gasteiger charge is 2.22. The first-order valence-electron chi connectivity index (χ1n) is 20.6. The van der Waals surface area contributed by atoms with Crippen LogP contribution < -0.4 is 4.90 Å². The van der Waals surface area contributed by atoms with E-state index < -0.39 is 0 Å². The topological polar surface area (TPSA) is 8.17 Å². The lowest BCUT2D eigenvalue weighted by Crippen LogP contribution is -2.11. The summed E-state index contributed by atoms with van der Waals surface area (Å²) in [5.41, 5.74) is 16.4. The second-order valence-corrected chi connectivity index (χ2v) is 15.3. The molecule has 11 aromatic rings. The quantitative estimate of drug-likeness (QED) is 0.150. The molecular weight excluding hydrogens is 725 g/mol. The van der Waals surface area contributed by atoms with E-state index in [4.69, 9.17) is 0 Å². The number of para-hydroxylation sites is 3. The summed E-state index contributed by atoms with van der Waals surface area (Å²) in [6.07, 6.45) is 0. The van der Waals surface area contributed by atoms with Gasteiger partial charge in [-0.15, -0.1) is 0 Å². The minimum Gasteiger partial charge on any atom is -0.310 e. The van der Waals surface area contributed by atoms with Crippen LogP contribution in [0.5, 0.6) is 0 Å². The van der Waals surface area contributed by atoms with Crippen LogP contribution >= 0.6 is 0 Å². The molecule has 0 spiro atoms. The van der Waals surface area contributed by atoms with Crippen LogP contribution in [0, 0.1) is 0 Å². The first-order valence-corrected chi connectivity index (χ1v) is 20.6. The molecule has 0 amide bonds. The van der Waals surface area contributed by atoms with E-state index >= 15 is 0 Å². The molecule has 282 valence electrons. The van der Waals surface area contributed by atoms with E-state index in [0.29, 0.717) is 0 Å². The number of aromatic nitrogens is 1. The first kappa shape index (κ1) is 35.2. The van der Waals surface area contributed by atoms with Crippen molar-refractivity contribution in [2.24, 2.45) is 0 Å². The Morgan fingerprint density at radius 1 is 0.317 bits per heavy atom. The van der Waals surface area contributed by atoms with Gasteiger partial charge < -0.3 is 9.47 Å². The molecule has 0 fully saturated rings. The lowest BCUT2D eigenvalue weighted by molar-refractivity contribution is 1.19. The van der Waals surface area contributed by atoms with Crippen molar-refractivity contribution in [2.45, 2.75) is 0 Å². The smallest absolute Gasteiger partial charge is 0.0625 e. The highest BCUT2D eigenvalue weighted by Crippen LogP contribution is 2.46. The van der Waals surface area contributed by atoms with Gasteiger partial charge in [-0.1, -0.05) is 182 Å². The predicted molar refractivity (Wildman–Crippen MR) is 255 cm³/mol. The Hall–Kier alpha value is -7.94. The van der Waals surface area contributed by atoms with Crippen molar-refractivity contribution in [3.8, 4) is 50.2 Å². The van der Waals surface area contributed by atoms with Crippen LogP contribution in [0.2, 0.25) is 0 Å². The standard InChI is InChI=1S/C58H40N2/c1-4-18-41(19-5-1)44-23-16-24-45(38-44)42-34-36-49(37-35-42)59(55-32-14-12-29-51(55)43-20-6-2-7-21-43)50-28-17-25-46(39-50)54-40-47-22-10-11-30-52(47)58-57(54)53-31-13-15-33-56(53)60(58)48-26-8-3-9-27-48/h1-40H. The van der Waals surface area contributed by atoms with Gasteiger partial charge in [0.1, 0.15) is 0 Å². The third-order valence-corrected chi connectivity index (χ3v) is 11.7. The summed E-state index contributed by atoms with van der Waals surface area (Å²) in [7, 11) is 0. The number of nitrogens with zero attached hydrogens (tertiary/aromatic N) is 2. The van der Waals surface area contributed by atoms with Gasteiger partial charge >= 0.3 is 0 Å². The molecular formula is C58H40N2. The molecule has 1 heterocycles. The number of benzene rings is 10. The largest absolute Gasteiger partial charge is 0.310 e. The summed E-state index contributed by atoms with van der Waals surface area (Å²) in [6, 6.07) is 87.8. The zero-order chi connectivity index (χ0) is 39.8. The number of fused-ring (bicyclic) bond motifs is 5. The van der Waals surface area contributed by atoms with E-state index in [2.05, 4.69) is 252 Å². The molecule has 0 atom stereocenters. The SMILES string of the molecule is c1ccc(-c2cccc(-c3ccc(N(c4cccc(-c5cc6ccccc6c6c5c5ccccc5n6-c5ccccc5)c4)c4ccccc4-c4ccccc4)cc3)c2)cc1. The van der Waals surface area contributed by atoms with Gasteiger partial charge in [0.25, 0.3) is 0 Å². The summed E-state index contributed by atoms with van der Waals surface area (Å²) < 4.78 is 2.44. The molecule has 0 radical (unpaired) electrons. The summed E-state index contributed by atoms with van der Waals surface area (Å²) >= 11 is 0. The van der Waals surface area contributed by atoms with Crippen LogP contribution in [0.4, 0.5) is 17.1 Å². The van der Waals surface area contributed by atoms with E-state index in [0.717, 1.165) is 28.3 Å². The fraction of sp³-hybridized carbons (Fsp3) is 0. The van der Waals surface area contributed by atoms with Crippen LogP contribution in [-0.2, 0) is 0 Å². The van der Waals surface area contributed by atoms with E-state index in [9.17, 15) is 0 Å². The molecule has 0 aliphatic heterocycles. The molecule has 0 bridgehead atoms. The zero-order valence-electron chi connectivity index (χ0n) is 33.0. The molecule has 0 N–H and O–H groups in total. The first-order chi connectivity index (χ1) is 29.8. The Balaban J connectivity index is 1.11. The monoisotopic (exact) mass is 764 g/mol. The molecule has 2 heteroatoms. The Morgan fingerprint density at radius 3 is 1.65 bits per heavy atom. The van der Waals surface area contributed by atoms with Crippen LogP contribution in [0.3, 0.4) is 0 Å². The summed E-state index contributed by atoms with van der Waals surface area (Å²) in [6.45, 7) is 0.